The zero-order chi connectivity index (χ0) is 17.1. The molecule has 3 aromatic rings. The van der Waals surface area contributed by atoms with Gasteiger partial charge in [-0.3, -0.25) is 10.1 Å². The average molecular weight is 342 g/mol. The summed E-state index contributed by atoms with van der Waals surface area (Å²) < 4.78 is 11.8. The zero-order valence-electron chi connectivity index (χ0n) is 13.7. The number of thiazole rings is 1. The second-order valence-corrected chi connectivity index (χ2v) is 6.40. The van der Waals surface area contributed by atoms with Crippen molar-refractivity contribution in [2.24, 2.45) is 0 Å². The summed E-state index contributed by atoms with van der Waals surface area (Å²) in [5.41, 5.74) is 2.01. The lowest BCUT2D eigenvalue weighted by Crippen LogP contribution is -2.30. The zero-order valence-corrected chi connectivity index (χ0v) is 14.5. The Morgan fingerprint density at radius 2 is 1.88 bits per heavy atom. The maximum absolute atomic E-state index is 12.3. The molecular formula is C18H18N2O3S. The van der Waals surface area contributed by atoms with Gasteiger partial charge in [0.2, 0.25) is 0 Å². The van der Waals surface area contributed by atoms with Crippen LogP contribution in [0.5, 0.6) is 11.5 Å². The van der Waals surface area contributed by atoms with E-state index in [1.165, 1.54) is 11.3 Å². The van der Waals surface area contributed by atoms with E-state index in [9.17, 15) is 4.79 Å². The molecule has 0 aliphatic carbocycles. The summed E-state index contributed by atoms with van der Waals surface area (Å²) in [4.78, 5) is 16.8. The van der Waals surface area contributed by atoms with Crippen LogP contribution in [-0.4, -0.2) is 24.1 Å². The topological polar surface area (TPSA) is 60.5 Å². The number of carbonyl (C=O) groups is 1. The van der Waals surface area contributed by atoms with E-state index in [4.69, 9.17) is 9.47 Å². The molecule has 6 heteroatoms. The minimum atomic E-state index is -0.633. The van der Waals surface area contributed by atoms with Crippen LogP contribution >= 0.6 is 11.3 Å². The van der Waals surface area contributed by atoms with Crippen molar-refractivity contribution in [3.63, 3.8) is 0 Å². The highest BCUT2D eigenvalue weighted by molar-refractivity contribution is 7.22. The normalized spacial score (nSPS) is 12.0. The summed E-state index contributed by atoms with van der Waals surface area (Å²) in [7, 11) is 1.60. The summed E-state index contributed by atoms with van der Waals surface area (Å²) >= 11 is 1.45. The molecule has 2 aromatic carbocycles. The number of aromatic nitrogens is 1. The number of rotatable bonds is 5. The SMILES string of the molecule is COc1ccc(OC(C)C(=O)Nc2nc3c(C)cccc3s2)cc1. The minimum absolute atomic E-state index is 0.234. The molecule has 1 aromatic heterocycles. The van der Waals surface area contributed by atoms with Gasteiger partial charge in [0, 0.05) is 0 Å². The fourth-order valence-electron chi connectivity index (χ4n) is 2.26. The monoisotopic (exact) mass is 342 g/mol. The van der Waals surface area contributed by atoms with Crippen molar-refractivity contribution < 1.29 is 14.3 Å². The average Bonchev–Trinajstić information content (AvgIpc) is 2.99. The fraction of sp³-hybridized carbons (Fsp3) is 0.222. The predicted molar refractivity (Wildman–Crippen MR) is 96.1 cm³/mol. The van der Waals surface area contributed by atoms with Crippen LogP contribution in [0, 0.1) is 6.92 Å². The number of para-hydroxylation sites is 1. The number of anilines is 1. The Labute approximate surface area is 144 Å². The first-order valence-corrected chi connectivity index (χ1v) is 8.36. The smallest absolute Gasteiger partial charge is 0.266 e. The number of fused-ring (bicyclic) bond motifs is 1. The summed E-state index contributed by atoms with van der Waals surface area (Å²) in [6.07, 6.45) is -0.633. The number of carbonyl (C=O) groups excluding carboxylic acids is 1. The molecule has 0 spiro atoms. The maximum Gasteiger partial charge on any atom is 0.266 e. The molecule has 1 atom stereocenters. The van der Waals surface area contributed by atoms with Gasteiger partial charge in [0.15, 0.2) is 11.2 Å². The quantitative estimate of drug-likeness (QED) is 0.761. The first-order valence-electron chi connectivity index (χ1n) is 7.54. The number of nitrogens with zero attached hydrogens (tertiary/aromatic N) is 1. The van der Waals surface area contributed by atoms with Crippen molar-refractivity contribution in [1.82, 2.24) is 4.98 Å². The first-order chi connectivity index (χ1) is 11.6. The molecule has 5 nitrogen and oxygen atoms in total. The highest BCUT2D eigenvalue weighted by atomic mass is 32.1. The van der Waals surface area contributed by atoms with Gasteiger partial charge in [0.05, 0.1) is 17.3 Å². The van der Waals surface area contributed by atoms with Crippen LogP contribution in [0.25, 0.3) is 10.2 Å². The number of ether oxygens (including phenoxy) is 2. The standard InChI is InChI=1S/C18H18N2O3S/c1-11-5-4-6-15-16(11)19-18(24-15)20-17(21)12(2)23-14-9-7-13(22-3)8-10-14/h4-10,12H,1-3H3,(H,19,20,21). The van der Waals surface area contributed by atoms with Gasteiger partial charge in [-0.15, -0.1) is 0 Å². The number of hydrogen-bond donors (Lipinski definition) is 1. The van der Waals surface area contributed by atoms with Crippen molar-refractivity contribution in [2.75, 3.05) is 12.4 Å². The lowest BCUT2D eigenvalue weighted by molar-refractivity contribution is -0.122. The van der Waals surface area contributed by atoms with E-state index >= 15 is 0 Å². The van der Waals surface area contributed by atoms with Crippen LogP contribution in [0.1, 0.15) is 12.5 Å². The second-order valence-electron chi connectivity index (χ2n) is 5.37. The highest BCUT2D eigenvalue weighted by Crippen LogP contribution is 2.28. The van der Waals surface area contributed by atoms with E-state index in [2.05, 4.69) is 10.3 Å². The van der Waals surface area contributed by atoms with Crippen molar-refractivity contribution in [2.45, 2.75) is 20.0 Å². The van der Waals surface area contributed by atoms with Crippen molar-refractivity contribution in [3.05, 3.63) is 48.0 Å². The van der Waals surface area contributed by atoms with Gasteiger partial charge in [-0.05, 0) is 49.7 Å². The third kappa shape index (κ3) is 3.49. The summed E-state index contributed by atoms with van der Waals surface area (Å²) in [5, 5.41) is 3.40. The molecule has 0 radical (unpaired) electrons. The Balaban J connectivity index is 1.67. The van der Waals surface area contributed by atoms with Crippen LogP contribution in [-0.2, 0) is 4.79 Å². The van der Waals surface area contributed by atoms with Crippen molar-refractivity contribution in [3.8, 4) is 11.5 Å². The number of benzene rings is 2. The molecule has 1 heterocycles. The Bertz CT molecular complexity index is 858. The van der Waals surface area contributed by atoms with Gasteiger partial charge < -0.3 is 9.47 Å². The third-order valence-corrected chi connectivity index (χ3v) is 4.53. The Morgan fingerprint density at radius 3 is 2.54 bits per heavy atom. The minimum Gasteiger partial charge on any atom is -0.497 e. The number of aryl methyl sites for hydroxylation is 1. The molecule has 0 aliphatic rings. The number of nitrogens with one attached hydrogen (secondary N) is 1. The van der Waals surface area contributed by atoms with E-state index in [1.54, 1.807) is 38.3 Å². The maximum atomic E-state index is 12.3. The van der Waals surface area contributed by atoms with Crippen LogP contribution < -0.4 is 14.8 Å². The van der Waals surface area contributed by atoms with E-state index in [0.29, 0.717) is 10.9 Å². The van der Waals surface area contributed by atoms with Crippen LogP contribution in [0.3, 0.4) is 0 Å². The van der Waals surface area contributed by atoms with E-state index < -0.39 is 6.10 Å². The van der Waals surface area contributed by atoms with Gasteiger partial charge in [0.1, 0.15) is 11.5 Å². The van der Waals surface area contributed by atoms with Crippen LogP contribution in [0.4, 0.5) is 5.13 Å². The van der Waals surface area contributed by atoms with Gasteiger partial charge in [-0.1, -0.05) is 23.5 Å². The molecule has 0 bridgehead atoms. The molecule has 124 valence electrons. The highest BCUT2D eigenvalue weighted by Gasteiger charge is 2.17. The van der Waals surface area contributed by atoms with E-state index in [-0.39, 0.29) is 5.91 Å². The van der Waals surface area contributed by atoms with Crippen molar-refractivity contribution >= 4 is 32.6 Å². The molecule has 3 rings (SSSR count). The molecule has 0 fully saturated rings. The van der Waals surface area contributed by atoms with Gasteiger partial charge in [0.25, 0.3) is 5.91 Å². The first kappa shape index (κ1) is 16.3. The molecule has 24 heavy (non-hydrogen) atoms. The number of methoxy groups -OCH3 is 1. The molecule has 1 N–H and O–H groups in total. The molecule has 1 unspecified atom stereocenters. The largest absolute Gasteiger partial charge is 0.497 e. The summed E-state index contributed by atoms with van der Waals surface area (Å²) in [6.45, 7) is 3.71. The molecule has 0 saturated carbocycles. The Hall–Kier alpha value is -2.60. The lowest BCUT2D eigenvalue weighted by Gasteiger charge is -2.13. The Morgan fingerprint density at radius 1 is 1.17 bits per heavy atom. The van der Waals surface area contributed by atoms with E-state index in [1.807, 2.05) is 25.1 Å². The predicted octanol–water partition coefficient (Wildman–Crippen LogP) is 4.02. The fourth-order valence-corrected chi connectivity index (χ4v) is 3.21. The van der Waals surface area contributed by atoms with Crippen LogP contribution in [0.15, 0.2) is 42.5 Å². The molecule has 0 aliphatic heterocycles. The van der Waals surface area contributed by atoms with Gasteiger partial charge >= 0.3 is 0 Å². The lowest BCUT2D eigenvalue weighted by atomic mass is 10.2. The van der Waals surface area contributed by atoms with Crippen molar-refractivity contribution in [1.29, 1.82) is 0 Å². The van der Waals surface area contributed by atoms with E-state index in [0.717, 1.165) is 21.5 Å². The van der Waals surface area contributed by atoms with Gasteiger partial charge in [-0.2, -0.15) is 0 Å². The number of amides is 1. The summed E-state index contributed by atoms with van der Waals surface area (Å²) in [6, 6.07) is 13.1. The van der Waals surface area contributed by atoms with Gasteiger partial charge in [-0.25, -0.2) is 4.98 Å². The number of hydrogen-bond acceptors (Lipinski definition) is 5. The Kier molecular flexibility index (Phi) is 4.66. The molecule has 0 saturated heterocycles. The molecule has 1 amide bonds. The molecular weight excluding hydrogens is 324 g/mol. The summed E-state index contributed by atoms with van der Waals surface area (Å²) in [5.74, 6) is 1.12. The second kappa shape index (κ2) is 6.88. The van der Waals surface area contributed by atoms with Crippen LogP contribution in [0.2, 0.25) is 0 Å². The third-order valence-electron chi connectivity index (χ3n) is 3.59.